The Kier molecular flexibility index (Phi) is 8.12. The van der Waals surface area contributed by atoms with Gasteiger partial charge >= 0.3 is 6.61 Å². The molecule has 1 aliphatic carbocycles. The molecular formula is C28H31F2N5O4. The molecule has 206 valence electrons. The number of nitrogens with zero attached hydrogens (tertiary/aromatic N) is 4. The summed E-state index contributed by atoms with van der Waals surface area (Å²) in [5, 5.41) is 12.0. The van der Waals surface area contributed by atoms with Crippen molar-refractivity contribution in [2.24, 2.45) is 5.92 Å². The number of nitrogens with one attached hydrogen (secondary N) is 1. The van der Waals surface area contributed by atoms with Crippen LogP contribution in [0.15, 0.2) is 36.7 Å². The molecule has 5 rings (SSSR count). The lowest BCUT2D eigenvalue weighted by Crippen LogP contribution is -2.36. The summed E-state index contributed by atoms with van der Waals surface area (Å²) in [6.45, 7) is 0.144. The third kappa shape index (κ3) is 6.40. The fourth-order valence-electron chi connectivity index (χ4n) is 4.90. The van der Waals surface area contributed by atoms with Gasteiger partial charge < -0.3 is 24.4 Å². The molecule has 1 N–H and O–H groups in total. The zero-order valence-corrected chi connectivity index (χ0v) is 21.7. The van der Waals surface area contributed by atoms with Crippen LogP contribution in [0.2, 0.25) is 0 Å². The highest BCUT2D eigenvalue weighted by Gasteiger charge is 2.29. The average molecular weight is 540 g/mol. The van der Waals surface area contributed by atoms with Gasteiger partial charge in [-0.15, -0.1) is 0 Å². The quantitative estimate of drug-likeness (QED) is 0.358. The van der Waals surface area contributed by atoms with Crippen LogP contribution in [0, 0.1) is 17.2 Å². The topological polar surface area (TPSA) is 101 Å². The molecule has 11 heteroatoms. The zero-order valence-electron chi connectivity index (χ0n) is 21.7. The largest absolute Gasteiger partial charge is 0.496 e. The number of hydrogen-bond donors (Lipinski definition) is 1. The van der Waals surface area contributed by atoms with Gasteiger partial charge in [0.15, 0.2) is 0 Å². The van der Waals surface area contributed by atoms with E-state index in [4.69, 9.17) is 19.5 Å². The number of benzene rings is 1. The second-order valence-corrected chi connectivity index (χ2v) is 9.88. The SMILES string of the molecule is COc1cc(-c2cnc3cc(OCCCN4CCCC(C#N)C4)ccn23)cc(OC(F)F)c1C(=O)NC1CC1. The van der Waals surface area contributed by atoms with Crippen LogP contribution in [-0.2, 0) is 0 Å². The van der Waals surface area contributed by atoms with E-state index in [-0.39, 0.29) is 29.0 Å². The van der Waals surface area contributed by atoms with Gasteiger partial charge in [0.25, 0.3) is 5.91 Å². The molecule has 1 amide bonds. The first-order valence-electron chi connectivity index (χ1n) is 13.1. The number of amides is 1. The third-order valence-electron chi connectivity index (χ3n) is 7.00. The lowest BCUT2D eigenvalue weighted by atomic mass is 10.00. The summed E-state index contributed by atoms with van der Waals surface area (Å²) in [5.74, 6) is 0.139. The number of carbonyl (C=O) groups is 1. The van der Waals surface area contributed by atoms with Gasteiger partial charge in [-0.05, 0) is 56.8 Å². The average Bonchev–Trinajstić information content (AvgIpc) is 3.65. The number of aromatic nitrogens is 2. The monoisotopic (exact) mass is 539 g/mol. The van der Waals surface area contributed by atoms with E-state index in [0.717, 1.165) is 51.7 Å². The summed E-state index contributed by atoms with van der Waals surface area (Å²) in [6, 6.07) is 9.05. The Balaban J connectivity index is 1.31. The van der Waals surface area contributed by atoms with E-state index in [1.54, 1.807) is 28.9 Å². The van der Waals surface area contributed by atoms with Crippen molar-refractivity contribution in [1.29, 1.82) is 5.26 Å². The van der Waals surface area contributed by atoms with Gasteiger partial charge in [0.2, 0.25) is 0 Å². The highest BCUT2D eigenvalue weighted by molar-refractivity contribution is 6.01. The predicted octanol–water partition coefficient (Wildman–Crippen LogP) is 4.51. The minimum atomic E-state index is -3.11. The molecule has 1 unspecified atom stereocenters. The van der Waals surface area contributed by atoms with Crippen LogP contribution >= 0.6 is 0 Å². The van der Waals surface area contributed by atoms with Crippen LogP contribution in [0.3, 0.4) is 0 Å². The van der Waals surface area contributed by atoms with Gasteiger partial charge in [-0.25, -0.2) is 4.98 Å². The molecule has 39 heavy (non-hydrogen) atoms. The van der Waals surface area contributed by atoms with Crippen LogP contribution in [-0.4, -0.2) is 66.2 Å². The number of piperidine rings is 1. The highest BCUT2D eigenvalue weighted by atomic mass is 19.3. The Morgan fingerprint density at radius 3 is 2.82 bits per heavy atom. The molecule has 3 heterocycles. The van der Waals surface area contributed by atoms with Crippen LogP contribution in [0.25, 0.3) is 16.9 Å². The van der Waals surface area contributed by atoms with Gasteiger partial charge in [-0.2, -0.15) is 14.0 Å². The number of hydrogen-bond acceptors (Lipinski definition) is 7. The number of methoxy groups -OCH3 is 1. The number of rotatable bonds is 11. The molecule has 2 aromatic heterocycles. The molecule has 2 aliphatic rings. The van der Waals surface area contributed by atoms with Gasteiger partial charge in [0.05, 0.1) is 37.6 Å². The van der Waals surface area contributed by atoms with Crippen molar-refractivity contribution >= 4 is 11.6 Å². The minimum Gasteiger partial charge on any atom is -0.496 e. The number of alkyl halides is 2. The van der Waals surface area contributed by atoms with Crippen molar-refractivity contribution < 1.29 is 27.8 Å². The number of nitriles is 1. The zero-order chi connectivity index (χ0) is 27.4. The number of ether oxygens (including phenoxy) is 3. The van der Waals surface area contributed by atoms with E-state index < -0.39 is 12.5 Å². The van der Waals surface area contributed by atoms with Crippen LogP contribution in [0.4, 0.5) is 8.78 Å². The van der Waals surface area contributed by atoms with Crippen molar-refractivity contribution in [3.8, 4) is 34.6 Å². The third-order valence-corrected chi connectivity index (χ3v) is 7.00. The van der Waals surface area contributed by atoms with Crippen molar-refractivity contribution in [3.05, 3.63) is 42.2 Å². The molecule has 1 saturated heterocycles. The van der Waals surface area contributed by atoms with Crippen molar-refractivity contribution in [2.45, 2.75) is 44.8 Å². The molecule has 0 bridgehead atoms. The van der Waals surface area contributed by atoms with Gasteiger partial charge in [0, 0.05) is 37.0 Å². The molecule has 1 atom stereocenters. The Labute approximate surface area is 225 Å². The summed E-state index contributed by atoms with van der Waals surface area (Å²) in [6.07, 6.45) is 7.99. The molecule has 0 radical (unpaired) electrons. The van der Waals surface area contributed by atoms with Gasteiger partial charge in [-0.1, -0.05) is 0 Å². The van der Waals surface area contributed by atoms with E-state index >= 15 is 0 Å². The Hall–Kier alpha value is -3.91. The first-order valence-corrected chi connectivity index (χ1v) is 13.1. The summed E-state index contributed by atoms with van der Waals surface area (Å²) in [7, 11) is 1.38. The minimum absolute atomic E-state index is 0.0390. The maximum Gasteiger partial charge on any atom is 0.387 e. The molecule has 0 spiro atoms. The second kappa shape index (κ2) is 11.9. The van der Waals surface area contributed by atoms with Crippen molar-refractivity contribution in [1.82, 2.24) is 19.6 Å². The molecule has 1 aliphatic heterocycles. The fourth-order valence-corrected chi connectivity index (χ4v) is 4.90. The Morgan fingerprint density at radius 1 is 1.26 bits per heavy atom. The first kappa shape index (κ1) is 26.7. The molecular weight excluding hydrogens is 508 g/mol. The number of carbonyl (C=O) groups excluding carboxylic acids is 1. The number of imidazole rings is 1. The molecule has 9 nitrogen and oxygen atoms in total. The van der Waals surface area contributed by atoms with Gasteiger partial charge in [-0.3, -0.25) is 9.20 Å². The molecule has 1 aromatic carbocycles. The Bertz CT molecular complexity index is 1370. The lowest BCUT2D eigenvalue weighted by molar-refractivity contribution is -0.0502. The highest BCUT2D eigenvalue weighted by Crippen LogP contribution is 2.37. The summed E-state index contributed by atoms with van der Waals surface area (Å²) < 4.78 is 44.4. The normalized spacial score (nSPS) is 17.7. The van der Waals surface area contributed by atoms with Crippen LogP contribution in [0.5, 0.6) is 17.2 Å². The number of fused-ring (bicyclic) bond motifs is 1. The number of likely N-dealkylation sites (tertiary alicyclic amines) is 1. The molecule has 2 fully saturated rings. The standard InChI is InChI=1S/C28H31F2N5O4/c1-37-23-12-19(13-24(39-28(29)30)26(23)27(36)33-20-5-6-20)22-16-32-25-14-21(7-10-35(22)25)38-11-3-9-34-8-2-4-18(15-31)17-34/h7,10,12-14,16,18,20,28H,2-6,8-9,11,17H2,1H3,(H,33,36). The fraction of sp³-hybridized carbons (Fsp3) is 0.464. The second-order valence-electron chi connectivity index (χ2n) is 9.88. The predicted molar refractivity (Wildman–Crippen MR) is 139 cm³/mol. The molecule has 1 saturated carbocycles. The molecule has 3 aromatic rings. The lowest BCUT2D eigenvalue weighted by Gasteiger charge is -2.29. The van der Waals surface area contributed by atoms with E-state index in [0.29, 0.717) is 29.3 Å². The summed E-state index contributed by atoms with van der Waals surface area (Å²) >= 11 is 0. The van der Waals surface area contributed by atoms with Crippen molar-refractivity contribution in [2.75, 3.05) is 33.4 Å². The maximum absolute atomic E-state index is 13.3. The summed E-state index contributed by atoms with van der Waals surface area (Å²) in [5.41, 5.74) is 1.66. The van der Waals surface area contributed by atoms with E-state index in [1.807, 2.05) is 6.07 Å². The Morgan fingerprint density at radius 2 is 2.08 bits per heavy atom. The summed E-state index contributed by atoms with van der Waals surface area (Å²) in [4.78, 5) is 19.6. The van der Waals surface area contributed by atoms with E-state index in [9.17, 15) is 13.6 Å². The number of halogens is 2. The van der Waals surface area contributed by atoms with Gasteiger partial charge in [0.1, 0.15) is 28.5 Å². The smallest absolute Gasteiger partial charge is 0.387 e. The van der Waals surface area contributed by atoms with E-state index in [1.165, 1.54) is 13.2 Å². The van der Waals surface area contributed by atoms with Crippen LogP contribution in [0.1, 0.15) is 42.5 Å². The maximum atomic E-state index is 13.3. The number of pyridine rings is 1. The van der Waals surface area contributed by atoms with Crippen LogP contribution < -0.4 is 19.5 Å². The first-order chi connectivity index (χ1) is 18.9. The van der Waals surface area contributed by atoms with E-state index in [2.05, 4.69) is 21.3 Å². The van der Waals surface area contributed by atoms with Crippen molar-refractivity contribution in [3.63, 3.8) is 0 Å².